The fourth-order valence-electron chi connectivity index (χ4n) is 2.99. The van der Waals surface area contributed by atoms with Crippen LogP contribution < -0.4 is 22.1 Å². The predicted molar refractivity (Wildman–Crippen MR) is 115 cm³/mol. The first-order valence-corrected chi connectivity index (χ1v) is 9.85. The number of carbonyl (C=O) groups is 4. The second kappa shape index (κ2) is 11.5. The number of phenols is 1. The Bertz CT molecular complexity index is 949. The second-order valence-corrected chi connectivity index (χ2v) is 7.30. The van der Waals surface area contributed by atoms with E-state index in [4.69, 9.17) is 11.5 Å². The summed E-state index contributed by atoms with van der Waals surface area (Å²) in [5.41, 5.74) is 12.0. The average molecular weight is 442 g/mol. The van der Waals surface area contributed by atoms with Gasteiger partial charge in [0.05, 0.1) is 12.5 Å². The van der Waals surface area contributed by atoms with Crippen molar-refractivity contribution in [1.29, 1.82) is 0 Å². The van der Waals surface area contributed by atoms with Crippen molar-refractivity contribution in [3.63, 3.8) is 0 Å². The van der Waals surface area contributed by atoms with Crippen molar-refractivity contribution in [2.45, 2.75) is 37.4 Å². The lowest BCUT2D eigenvalue weighted by Crippen LogP contribution is -2.56. The summed E-state index contributed by atoms with van der Waals surface area (Å²) in [5, 5.41) is 23.9. The molecule has 10 nitrogen and oxygen atoms in total. The van der Waals surface area contributed by atoms with Crippen LogP contribution in [0.3, 0.4) is 0 Å². The third kappa shape index (κ3) is 7.73. The molecular formula is C22H26N4O6. The molecule has 0 aromatic heterocycles. The van der Waals surface area contributed by atoms with E-state index in [1.807, 2.05) is 0 Å². The Kier molecular flexibility index (Phi) is 8.72. The lowest BCUT2D eigenvalue weighted by atomic mass is 10.0. The molecule has 3 atom stereocenters. The fourth-order valence-corrected chi connectivity index (χ4v) is 2.99. The first kappa shape index (κ1) is 24.4. The number of carbonyl (C=O) groups excluding carboxylic acids is 3. The Morgan fingerprint density at radius 2 is 1.34 bits per heavy atom. The van der Waals surface area contributed by atoms with Gasteiger partial charge in [0, 0.05) is 12.8 Å². The maximum atomic E-state index is 12.9. The van der Waals surface area contributed by atoms with E-state index in [2.05, 4.69) is 10.6 Å². The quantitative estimate of drug-likeness (QED) is 0.269. The second-order valence-electron chi connectivity index (χ2n) is 7.30. The lowest BCUT2D eigenvalue weighted by Gasteiger charge is -2.23. The minimum absolute atomic E-state index is 0.00117. The van der Waals surface area contributed by atoms with Gasteiger partial charge in [-0.1, -0.05) is 42.5 Å². The van der Waals surface area contributed by atoms with Crippen LogP contribution in [0.4, 0.5) is 0 Å². The molecular weight excluding hydrogens is 416 g/mol. The minimum atomic E-state index is -1.26. The highest BCUT2D eigenvalue weighted by atomic mass is 16.4. The standard InChI is InChI=1S/C22H26N4O6/c23-16(12-19(24)28)20(29)25-17(10-14-6-8-15(27)9-7-14)21(30)26-18(22(31)32)11-13-4-2-1-3-5-13/h1-9,16-18,27H,10-12,23H2,(H2,24,28)(H,25,29)(H,26,30)(H,31,32)/t16-,17-,18-/m0/s1. The number of amides is 3. The maximum absolute atomic E-state index is 12.9. The van der Waals surface area contributed by atoms with E-state index in [0.29, 0.717) is 11.1 Å². The van der Waals surface area contributed by atoms with Crippen molar-refractivity contribution in [3.8, 4) is 5.75 Å². The number of primary amides is 1. The van der Waals surface area contributed by atoms with Crippen molar-refractivity contribution in [1.82, 2.24) is 10.6 Å². The van der Waals surface area contributed by atoms with Gasteiger partial charge in [0.15, 0.2) is 0 Å². The SMILES string of the molecule is NC(=O)C[C@H](N)C(=O)N[C@@H](Cc1ccc(O)cc1)C(=O)N[C@@H](Cc1ccccc1)C(=O)O. The van der Waals surface area contributed by atoms with E-state index in [-0.39, 0.29) is 18.6 Å². The number of carboxylic acids is 1. The summed E-state index contributed by atoms with van der Waals surface area (Å²) in [5.74, 6) is -3.50. The Morgan fingerprint density at radius 3 is 1.91 bits per heavy atom. The summed E-state index contributed by atoms with van der Waals surface area (Å²) >= 11 is 0. The zero-order valence-corrected chi connectivity index (χ0v) is 17.2. The van der Waals surface area contributed by atoms with Crippen LogP contribution in [0.25, 0.3) is 0 Å². The third-order valence-corrected chi connectivity index (χ3v) is 4.66. The first-order valence-electron chi connectivity index (χ1n) is 9.85. The topological polar surface area (TPSA) is 185 Å². The minimum Gasteiger partial charge on any atom is -0.508 e. The van der Waals surface area contributed by atoms with Gasteiger partial charge in [-0.3, -0.25) is 14.4 Å². The molecule has 10 heteroatoms. The van der Waals surface area contributed by atoms with E-state index >= 15 is 0 Å². The molecule has 2 aromatic rings. The lowest BCUT2D eigenvalue weighted by molar-refractivity contribution is -0.142. The summed E-state index contributed by atoms with van der Waals surface area (Å²) in [6, 6.07) is 11.1. The summed E-state index contributed by atoms with van der Waals surface area (Å²) in [7, 11) is 0. The van der Waals surface area contributed by atoms with E-state index in [0.717, 1.165) is 0 Å². The number of hydrogen-bond donors (Lipinski definition) is 6. The normalized spacial score (nSPS) is 13.4. The molecule has 0 saturated heterocycles. The van der Waals surface area contributed by atoms with Crippen LogP contribution in [0.1, 0.15) is 17.5 Å². The van der Waals surface area contributed by atoms with Gasteiger partial charge < -0.3 is 32.3 Å². The van der Waals surface area contributed by atoms with E-state index in [1.54, 1.807) is 42.5 Å². The van der Waals surface area contributed by atoms with Crippen LogP contribution in [0.5, 0.6) is 5.75 Å². The van der Waals surface area contributed by atoms with Crippen molar-refractivity contribution in [3.05, 3.63) is 65.7 Å². The molecule has 0 unspecified atom stereocenters. The van der Waals surface area contributed by atoms with Crippen molar-refractivity contribution >= 4 is 23.7 Å². The molecule has 0 spiro atoms. The van der Waals surface area contributed by atoms with Crippen molar-refractivity contribution in [2.24, 2.45) is 11.5 Å². The Hall–Kier alpha value is -3.92. The van der Waals surface area contributed by atoms with Gasteiger partial charge in [-0.05, 0) is 23.3 Å². The number of phenolic OH excluding ortho intramolecular Hbond substituents is 1. The Balaban J connectivity index is 2.18. The molecule has 0 aliphatic rings. The predicted octanol–water partition coefficient (Wildman–Crippen LogP) is -0.566. The van der Waals surface area contributed by atoms with Crippen LogP contribution in [0.2, 0.25) is 0 Å². The van der Waals surface area contributed by atoms with Gasteiger partial charge in [0.2, 0.25) is 17.7 Å². The molecule has 0 aliphatic heterocycles. The molecule has 0 saturated carbocycles. The van der Waals surface area contributed by atoms with Crippen LogP contribution >= 0.6 is 0 Å². The van der Waals surface area contributed by atoms with Gasteiger partial charge in [0.25, 0.3) is 0 Å². The van der Waals surface area contributed by atoms with Crippen molar-refractivity contribution < 1.29 is 29.4 Å². The monoisotopic (exact) mass is 442 g/mol. The van der Waals surface area contributed by atoms with Gasteiger partial charge in [0.1, 0.15) is 17.8 Å². The maximum Gasteiger partial charge on any atom is 0.326 e. The molecule has 0 bridgehead atoms. The number of aromatic hydroxyl groups is 1. The zero-order chi connectivity index (χ0) is 23.7. The molecule has 0 fully saturated rings. The summed E-state index contributed by atoms with van der Waals surface area (Å²) in [6.07, 6.45) is -0.368. The number of nitrogens with one attached hydrogen (secondary N) is 2. The molecule has 3 amide bonds. The number of hydrogen-bond acceptors (Lipinski definition) is 6. The summed E-state index contributed by atoms with van der Waals surface area (Å²) in [4.78, 5) is 48.1. The average Bonchev–Trinajstić information content (AvgIpc) is 2.74. The van der Waals surface area contributed by atoms with Gasteiger partial charge in [-0.25, -0.2) is 4.79 Å². The fraction of sp³-hybridized carbons (Fsp3) is 0.273. The smallest absolute Gasteiger partial charge is 0.326 e. The number of rotatable bonds is 11. The Morgan fingerprint density at radius 1 is 0.812 bits per heavy atom. The van der Waals surface area contributed by atoms with Gasteiger partial charge in [-0.2, -0.15) is 0 Å². The number of nitrogens with two attached hydrogens (primary N) is 2. The molecule has 0 heterocycles. The zero-order valence-electron chi connectivity index (χ0n) is 17.2. The molecule has 32 heavy (non-hydrogen) atoms. The van der Waals surface area contributed by atoms with E-state index in [1.165, 1.54) is 12.1 Å². The number of aliphatic carboxylic acids is 1. The number of carboxylic acid groups (broad SMARTS) is 1. The molecule has 8 N–H and O–H groups in total. The van der Waals surface area contributed by atoms with Crippen LogP contribution in [0, 0.1) is 0 Å². The molecule has 2 aromatic carbocycles. The van der Waals surface area contributed by atoms with Crippen LogP contribution in [-0.4, -0.2) is 52.0 Å². The molecule has 170 valence electrons. The van der Waals surface area contributed by atoms with Crippen molar-refractivity contribution in [2.75, 3.05) is 0 Å². The first-order chi connectivity index (χ1) is 15.2. The van der Waals surface area contributed by atoms with Crippen LogP contribution in [0.15, 0.2) is 54.6 Å². The van der Waals surface area contributed by atoms with Gasteiger partial charge >= 0.3 is 5.97 Å². The van der Waals surface area contributed by atoms with E-state index < -0.39 is 48.2 Å². The van der Waals surface area contributed by atoms with Crippen LogP contribution in [-0.2, 0) is 32.0 Å². The summed E-state index contributed by atoms with van der Waals surface area (Å²) in [6.45, 7) is 0. The third-order valence-electron chi connectivity index (χ3n) is 4.66. The number of benzene rings is 2. The Labute approximate surface area is 184 Å². The molecule has 0 aliphatic carbocycles. The highest BCUT2D eigenvalue weighted by molar-refractivity contribution is 5.93. The molecule has 2 rings (SSSR count). The highest BCUT2D eigenvalue weighted by Gasteiger charge is 2.28. The largest absolute Gasteiger partial charge is 0.508 e. The summed E-state index contributed by atoms with van der Waals surface area (Å²) < 4.78 is 0. The highest BCUT2D eigenvalue weighted by Crippen LogP contribution is 2.12. The molecule has 0 radical (unpaired) electrons. The van der Waals surface area contributed by atoms with E-state index in [9.17, 15) is 29.4 Å². The van der Waals surface area contributed by atoms with Gasteiger partial charge in [-0.15, -0.1) is 0 Å².